The summed E-state index contributed by atoms with van der Waals surface area (Å²) in [4.78, 5) is 76.6. The van der Waals surface area contributed by atoms with E-state index in [0.717, 1.165) is 9.13 Å². The minimum Gasteiger partial charge on any atom is -0.497 e. The van der Waals surface area contributed by atoms with Gasteiger partial charge in [0.2, 0.25) is 17.7 Å². The van der Waals surface area contributed by atoms with Gasteiger partial charge in [0.05, 0.1) is 63.7 Å². The number of benzene rings is 6. The van der Waals surface area contributed by atoms with Gasteiger partial charge in [0.25, 0.3) is 17.7 Å². The molecule has 3 saturated heterocycles. The van der Waals surface area contributed by atoms with Crippen LogP contribution in [0.25, 0.3) is 11.2 Å². The zero-order valence-electron chi connectivity index (χ0n) is 63.3. The van der Waals surface area contributed by atoms with Crippen LogP contribution in [0.1, 0.15) is 91.0 Å². The number of nitrogens with one attached hydrogen (secondary N) is 2. The number of hydrogen-bond donors (Lipinski definition) is 4. The third-order valence-corrected chi connectivity index (χ3v) is 27.0. The molecule has 4 N–H and O–H groups in total. The lowest BCUT2D eigenvalue weighted by Crippen LogP contribution is -2.39. The van der Waals surface area contributed by atoms with Crippen LogP contribution >= 0.6 is 59.6 Å². The van der Waals surface area contributed by atoms with E-state index >= 15 is 9.13 Å². The predicted octanol–water partition coefficient (Wildman–Crippen LogP) is 14.1. The number of aromatic nitrogens is 8. The summed E-state index contributed by atoms with van der Waals surface area (Å²) in [6.45, 7) is -6.45. The second-order valence-corrected chi connectivity index (χ2v) is 36.2. The number of imidazole rings is 1. The van der Waals surface area contributed by atoms with Gasteiger partial charge in [-0.1, -0.05) is 128 Å². The number of carbonyl (C=O) groups is 2. The summed E-state index contributed by atoms with van der Waals surface area (Å²) in [5, 5.41) is 50.5. The van der Waals surface area contributed by atoms with Gasteiger partial charge in [0.15, 0.2) is 11.2 Å². The molecule has 3 fully saturated rings. The molecule has 32 nitrogen and oxygen atoms in total. The summed E-state index contributed by atoms with van der Waals surface area (Å²) in [7, 11) is 3.06. The molecule has 3 aliphatic heterocycles. The van der Waals surface area contributed by atoms with Crippen LogP contribution in [0.15, 0.2) is 192 Å². The maximum Gasteiger partial charge on any atom is 0.389 e. The molecular formula is C79H78Cl2N12O20P2S2. The number of aliphatic hydroxyl groups excluding tert-OH is 1. The van der Waals surface area contributed by atoms with E-state index in [4.69, 9.17) is 79.2 Å². The van der Waals surface area contributed by atoms with Crippen molar-refractivity contribution in [2.45, 2.75) is 113 Å². The topological polar surface area (TPSA) is 405 Å². The molecule has 0 saturated carbocycles. The number of amides is 2. The van der Waals surface area contributed by atoms with Crippen LogP contribution in [0.2, 0.25) is 10.0 Å². The third-order valence-electron chi connectivity index (χ3n) is 18.9. The molecule has 0 aliphatic carbocycles. The Bertz CT molecular complexity index is 5460. The Hall–Kier alpha value is -9.91. The Morgan fingerprint density at radius 1 is 0.684 bits per heavy atom. The molecule has 10 aromatic rings. The fourth-order valence-electron chi connectivity index (χ4n) is 13.0. The first-order chi connectivity index (χ1) is 56.4. The average molecular weight is 1710 g/mol. The van der Waals surface area contributed by atoms with Gasteiger partial charge in [-0.2, -0.15) is 30.5 Å². The number of para-hydroxylation sites is 1. The Labute approximate surface area is 688 Å². The van der Waals surface area contributed by atoms with Gasteiger partial charge >= 0.3 is 25.0 Å². The molecule has 0 spiro atoms. The van der Waals surface area contributed by atoms with Gasteiger partial charge in [0.1, 0.15) is 83.7 Å². The van der Waals surface area contributed by atoms with Crippen molar-refractivity contribution in [3.05, 3.63) is 241 Å². The number of halogens is 2. The van der Waals surface area contributed by atoms with Gasteiger partial charge in [-0.3, -0.25) is 46.7 Å². The standard InChI is InChI=1S/C79H78Cl2N12O20P2S2/c1-48(2)71(95)88-75-87-70-69(74(89-75)110-60-39-54(80)27-32-58(60)81)84-47-93(70)78(99)42-62(65(111-78)44-104-79(51-19-11-7-12-20-51,52-23-28-55(102-4)29-24-52)53-25-30-56(103-5)31-26-53)113-115(101,117-38-16-35-83)106-46-64-61(41-68(109-64)91-36-33-66(86-76(91)97)85-72(96)50-17-9-6-10-18-50)112-114(100,116-37-15-34-82)105-45-63-59(94)40-67(108-63)92-43-49(3)73(90-77(92)98)107-57-21-13-8-14-22-57/h6-14,17-33,36,39,43,47-48,59,61-65,67-68,94,99H,15-16,37-38,40-42,44-46H2,1-5H3,(H,85,86,96,97)(H,87,88,89,95)/t59-,61-,62-,63+,64+,65+,67+,68+,78-,114?,115?/m0/s1. The number of nitrogens with zero attached hydrogens (tertiary/aromatic N) is 10. The number of anilines is 2. The van der Waals surface area contributed by atoms with Crippen molar-refractivity contribution >= 4 is 94.3 Å². The van der Waals surface area contributed by atoms with Crippen molar-refractivity contribution in [3.63, 3.8) is 0 Å². The van der Waals surface area contributed by atoms with Gasteiger partial charge in [0, 0.05) is 77.7 Å². The van der Waals surface area contributed by atoms with E-state index in [1.54, 1.807) is 112 Å². The molecule has 11 atom stereocenters. The van der Waals surface area contributed by atoms with E-state index in [1.807, 2.05) is 60.7 Å². The zero-order valence-corrected chi connectivity index (χ0v) is 68.2. The monoisotopic (exact) mass is 1710 g/mol. The number of ether oxygens (including phenoxy) is 8. The SMILES string of the molecule is COc1ccc(C(OC[C@H]2O[C@](O)(n3cnc4c(Oc5cc(Cl)ccc5Cl)nc(NC(=O)C(C)C)nc43)C[C@@H]2OP(=O)(OC[C@H]2O[C@@H](n3ccc(NC(=O)c4ccccc4)nc3=O)C[C@@H]2OP(=O)(OC[C@H]2O[C@@H](n3cc(C)c(Oc4ccccc4)nc3=O)C[C@@H]2O)SCCC#N)SCCC#N)(c2ccccc2)c2ccc(OC)cc2)cc1. The highest BCUT2D eigenvalue weighted by molar-refractivity contribution is 8.55. The lowest BCUT2D eigenvalue weighted by Gasteiger charge is -2.37. The van der Waals surface area contributed by atoms with Gasteiger partial charge < -0.3 is 53.4 Å². The first-order valence-electron chi connectivity index (χ1n) is 36.6. The fraction of sp³-hybridized carbons (Fsp3) is 0.329. The van der Waals surface area contributed by atoms with Gasteiger partial charge in [-0.05, 0) is 113 Å². The molecule has 6 aromatic carbocycles. The van der Waals surface area contributed by atoms with Gasteiger partial charge in [-0.25, -0.2) is 23.7 Å². The molecule has 13 rings (SSSR count). The second kappa shape index (κ2) is 37.8. The van der Waals surface area contributed by atoms with Crippen LogP contribution in [-0.2, 0) is 62.5 Å². The van der Waals surface area contributed by atoms with E-state index in [1.165, 1.54) is 55.7 Å². The van der Waals surface area contributed by atoms with Crippen molar-refractivity contribution in [2.75, 3.05) is 56.2 Å². The lowest BCUT2D eigenvalue weighted by molar-refractivity contribution is -0.258. The average Bonchev–Trinajstić information content (AvgIpc) is 1.72. The molecule has 4 aromatic heterocycles. The summed E-state index contributed by atoms with van der Waals surface area (Å²) in [5.74, 6) is -3.69. The van der Waals surface area contributed by atoms with E-state index in [0.29, 0.717) is 62.3 Å². The number of hydrogen-bond acceptors (Lipinski definition) is 29. The van der Waals surface area contributed by atoms with Crippen molar-refractivity contribution in [2.24, 2.45) is 5.92 Å². The molecule has 38 heteroatoms. The minimum atomic E-state index is -4.88. The lowest BCUT2D eigenvalue weighted by atomic mass is 9.80. The number of fused-ring (bicyclic) bond motifs is 1. The summed E-state index contributed by atoms with van der Waals surface area (Å²) >= 11 is 14.3. The highest BCUT2D eigenvalue weighted by Gasteiger charge is 2.54. The maximum atomic E-state index is 16.4. The molecule has 0 bridgehead atoms. The van der Waals surface area contributed by atoms with Crippen LogP contribution in [0.3, 0.4) is 0 Å². The molecule has 3 aliphatic rings. The maximum absolute atomic E-state index is 16.4. The molecule has 610 valence electrons. The van der Waals surface area contributed by atoms with Crippen molar-refractivity contribution < 1.29 is 84.9 Å². The molecule has 2 unspecified atom stereocenters. The van der Waals surface area contributed by atoms with E-state index in [2.05, 4.69) is 41.6 Å². The van der Waals surface area contributed by atoms with Crippen LogP contribution in [0, 0.1) is 35.5 Å². The predicted molar refractivity (Wildman–Crippen MR) is 431 cm³/mol. The number of aryl methyl sites for hydroxylation is 1. The molecule has 0 radical (unpaired) electrons. The van der Waals surface area contributed by atoms with Crippen LogP contribution in [-0.4, -0.2) is 143 Å². The van der Waals surface area contributed by atoms with Crippen LogP contribution < -0.4 is 41.0 Å². The van der Waals surface area contributed by atoms with Crippen molar-refractivity contribution in [3.8, 4) is 46.9 Å². The zero-order chi connectivity index (χ0) is 82.6. The highest BCUT2D eigenvalue weighted by Crippen LogP contribution is 2.66. The Morgan fingerprint density at radius 2 is 1.27 bits per heavy atom. The molecular weight excluding hydrogens is 1630 g/mol. The number of rotatable bonds is 35. The minimum absolute atomic E-state index is 0.0355. The summed E-state index contributed by atoms with van der Waals surface area (Å²) in [6.07, 6.45) is -8.57. The number of methoxy groups -OCH3 is 2. The van der Waals surface area contributed by atoms with Gasteiger partial charge in [-0.15, -0.1) is 0 Å². The fourth-order valence-corrected chi connectivity index (χ4v) is 20.0. The summed E-state index contributed by atoms with van der Waals surface area (Å²) < 4.78 is 112. The second-order valence-electron chi connectivity index (χ2n) is 27.1. The van der Waals surface area contributed by atoms with E-state index in [-0.39, 0.29) is 93.2 Å². The van der Waals surface area contributed by atoms with E-state index in [9.17, 15) is 39.9 Å². The largest absolute Gasteiger partial charge is 0.497 e. The smallest absolute Gasteiger partial charge is 0.389 e. The number of carbonyl (C=O) groups excluding carboxylic acids is 2. The Kier molecular flexibility index (Phi) is 27.4. The molecule has 117 heavy (non-hydrogen) atoms. The van der Waals surface area contributed by atoms with Crippen LogP contribution in [0.5, 0.6) is 34.8 Å². The molecule has 2 amide bonds. The molecule has 7 heterocycles. The third kappa shape index (κ3) is 20.1. The van der Waals surface area contributed by atoms with E-state index < -0.39 is 130 Å². The number of nitriles is 2. The first kappa shape index (κ1) is 85.0. The van der Waals surface area contributed by atoms with Crippen molar-refractivity contribution in [1.29, 1.82) is 10.5 Å². The summed E-state index contributed by atoms with van der Waals surface area (Å²) in [6, 6.07) is 50.3. The Balaban J connectivity index is 0.856. The quantitative estimate of drug-likeness (QED) is 0.0163. The van der Waals surface area contributed by atoms with Crippen LogP contribution in [0.4, 0.5) is 11.8 Å². The highest BCUT2D eigenvalue weighted by atomic mass is 35.5. The summed E-state index contributed by atoms with van der Waals surface area (Å²) in [5.41, 5.74) is -1.01. The number of aliphatic hydroxyl groups is 2. The normalized spacial score (nSPS) is 20.9. The Morgan fingerprint density at radius 3 is 1.90 bits per heavy atom. The first-order valence-corrected chi connectivity index (χ1v) is 43.6. The van der Waals surface area contributed by atoms with Crippen molar-refractivity contribution in [1.82, 2.24) is 38.6 Å².